The predicted molar refractivity (Wildman–Crippen MR) is 88.8 cm³/mol. The molecule has 4 nitrogen and oxygen atoms in total. The number of halogens is 2. The van der Waals surface area contributed by atoms with Crippen molar-refractivity contribution in [1.29, 1.82) is 0 Å². The molecule has 1 aliphatic rings. The molecule has 0 saturated carbocycles. The van der Waals surface area contributed by atoms with E-state index in [1.165, 1.54) is 12.1 Å². The van der Waals surface area contributed by atoms with Gasteiger partial charge in [0.1, 0.15) is 5.82 Å². The molecule has 3 rings (SSSR count). The SMILES string of the molecule is O=C(N[C@H]1CC(=O)N(c2ccc(F)cc2)C1)c1ccc(Br)cc1. The molecule has 1 N–H and O–H groups in total. The summed E-state index contributed by atoms with van der Waals surface area (Å²) in [6.07, 6.45) is 0.236. The van der Waals surface area contributed by atoms with Crippen LogP contribution in [0.3, 0.4) is 0 Å². The van der Waals surface area contributed by atoms with Crippen molar-refractivity contribution in [2.75, 3.05) is 11.4 Å². The number of rotatable bonds is 3. The molecule has 0 radical (unpaired) electrons. The minimum Gasteiger partial charge on any atom is -0.347 e. The molecule has 1 heterocycles. The summed E-state index contributed by atoms with van der Waals surface area (Å²) >= 11 is 3.32. The fourth-order valence-electron chi connectivity index (χ4n) is 2.54. The highest BCUT2D eigenvalue weighted by atomic mass is 79.9. The lowest BCUT2D eigenvalue weighted by Crippen LogP contribution is -2.37. The zero-order valence-corrected chi connectivity index (χ0v) is 13.7. The summed E-state index contributed by atoms with van der Waals surface area (Å²) in [7, 11) is 0. The van der Waals surface area contributed by atoms with Gasteiger partial charge >= 0.3 is 0 Å². The van der Waals surface area contributed by atoms with E-state index in [9.17, 15) is 14.0 Å². The van der Waals surface area contributed by atoms with E-state index in [2.05, 4.69) is 21.2 Å². The summed E-state index contributed by atoms with van der Waals surface area (Å²) in [5.41, 5.74) is 1.18. The van der Waals surface area contributed by atoms with E-state index in [1.807, 2.05) is 0 Å². The Balaban J connectivity index is 1.66. The molecule has 0 spiro atoms. The summed E-state index contributed by atoms with van der Waals surface area (Å²) in [5.74, 6) is -0.644. The Morgan fingerprint density at radius 3 is 2.43 bits per heavy atom. The number of carbonyl (C=O) groups excluding carboxylic acids is 2. The zero-order chi connectivity index (χ0) is 16.4. The molecule has 1 fully saturated rings. The second-order valence-electron chi connectivity index (χ2n) is 5.36. The maximum Gasteiger partial charge on any atom is 0.251 e. The highest BCUT2D eigenvalue weighted by molar-refractivity contribution is 9.10. The van der Waals surface area contributed by atoms with E-state index in [4.69, 9.17) is 0 Å². The smallest absolute Gasteiger partial charge is 0.251 e. The third-order valence-electron chi connectivity index (χ3n) is 3.70. The molecule has 2 aromatic rings. The number of anilines is 1. The zero-order valence-electron chi connectivity index (χ0n) is 12.1. The molecule has 6 heteroatoms. The molecular formula is C17H14BrFN2O2. The molecule has 23 heavy (non-hydrogen) atoms. The van der Waals surface area contributed by atoms with Crippen LogP contribution in [0.1, 0.15) is 16.8 Å². The number of amides is 2. The van der Waals surface area contributed by atoms with Crippen LogP contribution in [0.15, 0.2) is 53.0 Å². The second kappa shape index (κ2) is 6.50. The normalized spacial score (nSPS) is 17.4. The van der Waals surface area contributed by atoms with Gasteiger partial charge in [0.2, 0.25) is 5.91 Å². The molecule has 2 amide bonds. The first-order valence-corrected chi connectivity index (χ1v) is 7.94. The number of nitrogens with one attached hydrogen (secondary N) is 1. The quantitative estimate of drug-likeness (QED) is 0.894. The lowest BCUT2D eigenvalue weighted by atomic mass is 10.2. The maximum atomic E-state index is 13.0. The minimum atomic E-state index is -0.347. The summed E-state index contributed by atoms with van der Waals surface area (Å²) < 4.78 is 13.9. The first-order valence-electron chi connectivity index (χ1n) is 7.15. The average molecular weight is 377 g/mol. The van der Waals surface area contributed by atoms with Crippen molar-refractivity contribution in [2.24, 2.45) is 0 Å². The van der Waals surface area contributed by atoms with Crippen molar-refractivity contribution < 1.29 is 14.0 Å². The van der Waals surface area contributed by atoms with Crippen molar-refractivity contribution in [3.63, 3.8) is 0 Å². The van der Waals surface area contributed by atoms with Crippen molar-refractivity contribution in [3.8, 4) is 0 Å². The van der Waals surface area contributed by atoms with E-state index in [-0.39, 0.29) is 30.1 Å². The Morgan fingerprint density at radius 1 is 1.13 bits per heavy atom. The molecule has 1 saturated heterocycles. The molecule has 118 valence electrons. The first kappa shape index (κ1) is 15.7. The summed E-state index contributed by atoms with van der Waals surface area (Å²) in [5, 5.41) is 2.87. The third-order valence-corrected chi connectivity index (χ3v) is 4.23. The Kier molecular flexibility index (Phi) is 4.43. The lowest BCUT2D eigenvalue weighted by molar-refractivity contribution is -0.117. The predicted octanol–water partition coefficient (Wildman–Crippen LogP) is 3.12. The van der Waals surface area contributed by atoms with Crippen LogP contribution in [-0.4, -0.2) is 24.4 Å². The summed E-state index contributed by atoms with van der Waals surface area (Å²) in [6.45, 7) is 0.382. The van der Waals surface area contributed by atoms with Crippen LogP contribution in [0.4, 0.5) is 10.1 Å². The van der Waals surface area contributed by atoms with Crippen molar-refractivity contribution in [1.82, 2.24) is 5.32 Å². The Labute approximate surface area is 141 Å². The number of hydrogen-bond donors (Lipinski definition) is 1. The van der Waals surface area contributed by atoms with Crippen LogP contribution in [0.25, 0.3) is 0 Å². The topological polar surface area (TPSA) is 49.4 Å². The van der Waals surface area contributed by atoms with Gasteiger partial charge in [-0.2, -0.15) is 0 Å². The highest BCUT2D eigenvalue weighted by Gasteiger charge is 2.31. The van der Waals surface area contributed by atoms with Gasteiger partial charge in [0.15, 0.2) is 0 Å². The van der Waals surface area contributed by atoms with Crippen molar-refractivity contribution in [2.45, 2.75) is 12.5 Å². The van der Waals surface area contributed by atoms with Crippen LogP contribution in [0, 0.1) is 5.82 Å². The van der Waals surface area contributed by atoms with E-state index in [0.29, 0.717) is 17.8 Å². The van der Waals surface area contributed by atoms with Gasteiger partial charge in [0, 0.05) is 28.7 Å². The van der Waals surface area contributed by atoms with Crippen LogP contribution in [0.5, 0.6) is 0 Å². The Bertz CT molecular complexity index is 731. The molecule has 1 atom stereocenters. The number of nitrogens with zero attached hydrogens (tertiary/aromatic N) is 1. The van der Waals surface area contributed by atoms with E-state index in [0.717, 1.165) is 4.47 Å². The summed E-state index contributed by atoms with van der Waals surface area (Å²) in [6, 6.07) is 12.5. The van der Waals surface area contributed by atoms with Crippen LogP contribution in [0.2, 0.25) is 0 Å². The Hall–Kier alpha value is -2.21. The van der Waals surface area contributed by atoms with Gasteiger partial charge in [-0.1, -0.05) is 15.9 Å². The van der Waals surface area contributed by atoms with E-state index in [1.54, 1.807) is 41.3 Å². The van der Waals surface area contributed by atoms with Gasteiger partial charge in [-0.05, 0) is 48.5 Å². The minimum absolute atomic E-state index is 0.0854. The van der Waals surface area contributed by atoms with Gasteiger partial charge in [0.05, 0.1) is 6.04 Å². The average Bonchev–Trinajstić information content (AvgIpc) is 2.89. The first-order chi connectivity index (χ1) is 11.0. The van der Waals surface area contributed by atoms with Crippen LogP contribution in [-0.2, 0) is 4.79 Å². The highest BCUT2D eigenvalue weighted by Crippen LogP contribution is 2.22. The van der Waals surface area contributed by atoms with Gasteiger partial charge in [-0.3, -0.25) is 9.59 Å². The van der Waals surface area contributed by atoms with Crippen molar-refractivity contribution >= 4 is 33.4 Å². The number of benzene rings is 2. The maximum absolute atomic E-state index is 13.0. The van der Waals surface area contributed by atoms with Crippen LogP contribution >= 0.6 is 15.9 Å². The molecule has 1 aliphatic heterocycles. The monoisotopic (exact) mass is 376 g/mol. The lowest BCUT2D eigenvalue weighted by Gasteiger charge is -2.17. The van der Waals surface area contributed by atoms with Gasteiger partial charge in [-0.15, -0.1) is 0 Å². The van der Waals surface area contributed by atoms with Gasteiger partial charge in [0.25, 0.3) is 5.91 Å². The molecule has 0 unspecified atom stereocenters. The molecule has 2 aromatic carbocycles. The fraction of sp³-hybridized carbons (Fsp3) is 0.176. The van der Waals surface area contributed by atoms with E-state index >= 15 is 0 Å². The Morgan fingerprint density at radius 2 is 1.78 bits per heavy atom. The second-order valence-corrected chi connectivity index (χ2v) is 6.28. The van der Waals surface area contributed by atoms with Crippen molar-refractivity contribution in [3.05, 3.63) is 64.4 Å². The largest absolute Gasteiger partial charge is 0.347 e. The number of carbonyl (C=O) groups is 2. The third kappa shape index (κ3) is 3.59. The van der Waals surface area contributed by atoms with E-state index < -0.39 is 0 Å². The van der Waals surface area contributed by atoms with Crippen LogP contribution < -0.4 is 10.2 Å². The standard InChI is InChI=1S/C17H14BrFN2O2/c18-12-3-1-11(2-4-12)17(23)20-14-9-16(22)21(10-14)15-7-5-13(19)6-8-15/h1-8,14H,9-10H2,(H,20,23)/t14-/m0/s1. The number of hydrogen-bond acceptors (Lipinski definition) is 2. The van der Waals surface area contributed by atoms with Gasteiger partial charge in [-0.25, -0.2) is 4.39 Å². The summed E-state index contributed by atoms with van der Waals surface area (Å²) in [4.78, 5) is 25.9. The molecule has 0 aliphatic carbocycles. The molecule has 0 bridgehead atoms. The molecule has 0 aromatic heterocycles. The fourth-order valence-corrected chi connectivity index (χ4v) is 2.81. The van der Waals surface area contributed by atoms with Gasteiger partial charge < -0.3 is 10.2 Å². The molecular weight excluding hydrogens is 363 g/mol.